The molecule has 1 aromatic carbocycles. The van der Waals surface area contributed by atoms with Gasteiger partial charge in [-0.2, -0.15) is 5.10 Å². The second-order valence-corrected chi connectivity index (χ2v) is 4.61. The molecule has 1 aliphatic heterocycles. The number of aryl methyl sites for hydroxylation is 1. The van der Waals surface area contributed by atoms with Crippen LogP contribution in [0.3, 0.4) is 0 Å². The minimum atomic E-state index is -0.214. The Balaban J connectivity index is 1.55. The summed E-state index contributed by atoms with van der Waals surface area (Å²) >= 11 is 0. The van der Waals surface area contributed by atoms with E-state index < -0.39 is 0 Å². The van der Waals surface area contributed by atoms with Gasteiger partial charge in [0.1, 0.15) is 11.5 Å². The molecule has 0 radical (unpaired) electrons. The highest BCUT2D eigenvalue weighted by atomic mass is 16.7. The Bertz CT molecular complexity index is 691. The molecule has 1 N–H and O–H groups in total. The first kappa shape index (κ1) is 13.2. The number of ether oxygens (including phenoxy) is 2. The number of nitrogens with zero attached hydrogens (tertiary/aromatic N) is 1. The number of nitrogens with one attached hydrogen (secondary N) is 1. The summed E-state index contributed by atoms with van der Waals surface area (Å²) in [4.78, 5) is 11.8. The van der Waals surface area contributed by atoms with Crippen LogP contribution >= 0.6 is 0 Å². The van der Waals surface area contributed by atoms with Crippen molar-refractivity contribution in [2.75, 3.05) is 6.79 Å². The standard InChI is InChI=1S/C15H14N2O4/c1-10-2-4-12(21-10)8-16-17-15(18)7-11-3-5-13-14(6-11)20-9-19-13/h2-6,8H,7,9H2,1H3,(H,17,18). The van der Waals surface area contributed by atoms with E-state index in [0.717, 1.165) is 11.3 Å². The second-order valence-electron chi connectivity index (χ2n) is 4.61. The molecule has 1 amide bonds. The van der Waals surface area contributed by atoms with E-state index in [2.05, 4.69) is 10.5 Å². The van der Waals surface area contributed by atoms with Crippen molar-refractivity contribution < 1.29 is 18.7 Å². The predicted molar refractivity (Wildman–Crippen MR) is 75.5 cm³/mol. The molecule has 21 heavy (non-hydrogen) atoms. The van der Waals surface area contributed by atoms with E-state index in [1.807, 2.05) is 19.1 Å². The van der Waals surface area contributed by atoms with Gasteiger partial charge >= 0.3 is 0 Å². The number of hydrogen-bond acceptors (Lipinski definition) is 5. The van der Waals surface area contributed by atoms with Gasteiger partial charge in [-0.25, -0.2) is 5.43 Å². The second kappa shape index (κ2) is 5.70. The largest absolute Gasteiger partial charge is 0.460 e. The number of amides is 1. The van der Waals surface area contributed by atoms with Crippen molar-refractivity contribution in [3.63, 3.8) is 0 Å². The molecule has 108 valence electrons. The first-order chi connectivity index (χ1) is 10.2. The van der Waals surface area contributed by atoms with Crippen LogP contribution in [-0.4, -0.2) is 18.9 Å². The predicted octanol–water partition coefficient (Wildman–Crippen LogP) is 2.01. The van der Waals surface area contributed by atoms with Gasteiger partial charge in [0, 0.05) is 0 Å². The lowest BCUT2D eigenvalue weighted by Crippen LogP contribution is -2.19. The first-order valence-electron chi connectivity index (χ1n) is 6.47. The SMILES string of the molecule is Cc1ccc(C=NNC(=O)Cc2ccc3c(c2)OCO3)o1. The van der Waals surface area contributed by atoms with Crippen LogP contribution in [-0.2, 0) is 11.2 Å². The van der Waals surface area contributed by atoms with Gasteiger partial charge in [-0.1, -0.05) is 6.07 Å². The Labute approximate surface area is 121 Å². The molecular formula is C15H14N2O4. The fourth-order valence-electron chi connectivity index (χ4n) is 1.97. The highest BCUT2D eigenvalue weighted by molar-refractivity contribution is 5.81. The first-order valence-corrected chi connectivity index (χ1v) is 6.47. The average Bonchev–Trinajstić information content (AvgIpc) is 3.07. The number of benzene rings is 1. The van der Waals surface area contributed by atoms with E-state index in [0.29, 0.717) is 17.3 Å². The maximum absolute atomic E-state index is 11.8. The third-order valence-electron chi connectivity index (χ3n) is 2.94. The molecule has 6 heteroatoms. The van der Waals surface area contributed by atoms with Crippen LogP contribution in [0.5, 0.6) is 11.5 Å². The van der Waals surface area contributed by atoms with E-state index in [4.69, 9.17) is 13.9 Å². The van der Waals surface area contributed by atoms with E-state index >= 15 is 0 Å². The Morgan fingerprint density at radius 3 is 2.95 bits per heavy atom. The van der Waals surface area contributed by atoms with Gasteiger partial charge in [0.05, 0.1) is 12.6 Å². The Kier molecular flexibility index (Phi) is 3.59. The Morgan fingerprint density at radius 1 is 1.29 bits per heavy atom. The number of hydrazone groups is 1. The van der Waals surface area contributed by atoms with Crippen LogP contribution in [0.1, 0.15) is 17.1 Å². The van der Waals surface area contributed by atoms with Crippen molar-refractivity contribution in [2.45, 2.75) is 13.3 Å². The molecule has 3 rings (SSSR count). The van der Waals surface area contributed by atoms with E-state index in [1.54, 1.807) is 18.2 Å². The number of hydrogen-bond donors (Lipinski definition) is 1. The molecule has 0 saturated carbocycles. The third kappa shape index (κ3) is 3.22. The van der Waals surface area contributed by atoms with Gasteiger partial charge in [0.25, 0.3) is 0 Å². The molecule has 0 aliphatic carbocycles. The van der Waals surface area contributed by atoms with Crippen LogP contribution in [0.2, 0.25) is 0 Å². The highest BCUT2D eigenvalue weighted by Gasteiger charge is 2.14. The average molecular weight is 286 g/mol. The third-order valence-corrected chi connectivity index (χ3v) is 2.94. The van der Waals surface area contributed by atoms with Crippen LogP contribution in [0.25, 0.3) is 0 Å². The number of carbonyl (C=O) groups excluding carboxylic acids is 1. The number of furan rings is 1. The normalized spacial score (nSPS) is 12.8. The van der Waals surface area contributed by atoms with E-state index in [1.165, 1.54) is 6.21 Å². The van der Waals surface area contributed by atoms with Crippen LogP contribution in [0.4, 0.5) is 0 Å². The molecular weight excluding hydrogens is 272 g/mol. The summed E-state index contributed by atoms with van der Waals surface area (Å²) < 4.78 is 15.8. The monoisotopic (exact) mass is 286 g/mol. The lowest BCUT2D eigenvalue weighted by atomic mass is 10.1. The highest BCUT2D eigenvalue weighted by Crippen LogP contribution is 2.32. The summed E-state index contributed by atoms with van der Waals surface area (Å²) in [6, 6.07) is 9.02. The quantitative estimate of drug-likeness (QED) is 0.689. The fourth-order valence-corrected chi connectivity index (χ4v) is 1.97. The number of fused-ring (bicyclic) bond motifs is 1. The van der Waals surface area contributed by atoms with Crippen molar-refractivity contribution in [3.05, 3.63) is 47.4 Å². The van der Waals surface area contributed by atoms with Crippen molar-refractivity contribution in [1.29, 1.82) is 0 Å². The molecule has 2 heterocycles. The molecule has 0 spiro atoms. The summed E-state index contributed by atoms with van der Waals surface area (Å²) in [5, 5.41) is 3.85. The minimum Gasteiger partial charge on any atom is -0.460 e. The van der Waals surface area contributed by atoms with Crippen molar-refractivity contribution in [2.24, 2.45) is 5.10 Å². The van der Waals surface area contributed by atoms with Crippen LogP contribution in [0, 0.1) is 6.92 Å². The van der Waals surface area contributed by atoms with Crippen molar-refractivity contribution in [1.82, 2.24) is 5.43 Å². The smallest absolute Gasteiger partial charge is 0.244 e. The zero-order valence-corrected chi connectivity index (χ0v) is 11.5. The molecule has 1 aromatic heterocycles. The van der Waals surface area contributed by atoms with Crippen LogP contribution < -0.4 is 14.9 Å². The summed E-state index contributed by atoms with van der Waals surface area (Å²) in [5.41, 5.74) is 3.29. The van der Waals surface area contributed by atoms with Gasteiger partial charge in [-0.15, -0.1) is 0 Å². The maximum Gasteiger partial charge on any atom is 0.244 e. The topological polar surface area (TPSA) is 73.1 Å². The lowest BCUT2D eigenvalue weighted by molar-refractivity contribution is -0.120. The van der Waals surface area contributed by atoms with Gasteiger partial charge in [0.2, 0.25) is 12.7 Å². The zero-order chi connectivity index (χ0) is 14.7. The van der Waals surface area contributed by atoms with Gasteiger partial charge in [0.15, 0.2) is 11.5 Å². The number of rotatable bonds is 4. The summed E-state index contributed by atoms with van der Waals surface area (Å²) in [5.74, 6) is 2.53. The van der Waals surface area contributed by atoms with E-state index in [-0.39, 0.29) is 19.1 Å². The van der Waals surface area contributed by atoms with Gasteiger partial charge in [-0.05, 0) is 36.8 Å². The summed E-state index contributed by atoms with van der Waals surface area (Å²) in [7, 11) is 0. The molecule has 0 bridgehead atoms. The Morgan fingerprint density at radius 2 is 2.14 bits per heavy atom. The molecule has 1 aliphatic rings. The van der Waals surface area contributed by atoms with Gasteiger partial charge < -0.3 is 13.9 Å². The molecule has 0 atom stereocenters. The summed E-state index contributed by atoms with van der Waals surface area (Å²) in [6.45, 7) is 2.06. The molecule has 2 aromatic rings. The zero-order valence-electron chi connectivity index (χ0n) is 11.5. The Hall–Kier alpha value is -2.76. The van der Waals surface area contributed by atoms with Crippen molar-refractivity contribution in [3.8, 4) is 11.5 Å². The molecule has 0 fully saturated rings. The van der Waals surface area contributed by atoms with Gasteiger partial charge in [-0.3, -0.25) is 4.79 Å². The molecule has 0 saturated heterocycles. The van der Waals surface area contributed by atoms with Crippen molar-refractivity contribution >= 4 is 12.1 Å². The minimum absolute atomic E-state index is 0.213. The van der Waals surface area contributed by atoms with E-state index in [9.17, 15) is 4.79 Å². The number of carbonyl (C=O) groups is 1. The summed E-state index contributed by atoms with van der Waals surface area (Å²) in [6.07, 6.45) is 1.68. The molecule has 6 nitrogen and oxygen atoms in total. The fraction of sp³-hybridized carbons (Fsp3) is 0.200. The maximum atomic E-state index is 11.8. The van der Waals surface area contributed by atoms with Crippen LogP contribution in [0.15, 0.2) is 39.9 Å². The lowest BCUT2D eigenvalue weighted by Gasteiger charge is -2.02. The molecule has 0 unspecified atom stereocenters.